The zero-order valence-electron chi connectivity index (χ0n) is 17.6. The molecule has 10 heteroatoms. The molecular weight excluding hydrogens is 472 g/mol. The Labute approximate surface area is 203 Å². The molecule has 5 aromatic rings. The Kier molecular flexibility index (Phi) is 6.03. The molecule has 0 unspecified atom stereocenters. The van der Waals surface area contributed by atoms with Crippen LogP contribution in [-0.4, -0.2) is 30.5 Å². The minimum absolute atomic E-state index is 0.127. The van der Waals surface area contributed by atoms with E-state index in [-0.39, 0.29) is 18.0 Å². The normalized spacial score (nSPS) is 10.9. The van der Waals surface area contributed by atoms with Crippen molar-refractivity contribution in [1.29, 1.82) is 0 Å². The third kappa shape index (κ3) is 4.52. The number of amides is 1. The smallest absolute Gasteiger partial charge is 0.261 e. The van der Waals surface area contributed by atoms with Crippen LogP contribution >= 0.6 is 22.9 Å². The molecule has 34 heavy (non-hydrogen) atoms. The second kappa shape index (κ2) is 9.42. The van der Waals surface area contributed by atoms with Crippen LogP contribution in [0.4, 0.5) is 0 Å². The lowest BCUT2D eigenvalue weighted by molar-refractivity contribution is 0.0954. The van der Waals surface area contributed by atoms with Gasteiger partial charge in [-0.1, -0.05) is 28.9 Å². The SMILES string of the molecule is O=C(NCc1cn(-c2ccc(-n3ccccc3=O)cc2-c2cccnc2)nn1)c1ccc(Cl)s1. The van der Waals surface area contributed by atoms with Crippen molar-refractivity contribution in [2.45, 2.75) is 6.54 Å². The maximum atomic E-state index is 12.3. The van der Waals surface area contributed by atoms with Crippen LogP contribution < -0.4 is 10.9 Å². The Hall–Kier alpha value is -4.08. The monoisotopic (exact) mass is 488 g/mol. The fraction of sp³-hybridized carbons (Fsp3) is 0.0417. The highest BCUT2D eigenvalue weighted by Gasteiger charge is 2.14. The van der Waals surface area contributed by atoms with Gasteiger partial charge in [-0.2, -0.15) is 0 Å². The van der Waals surface area contributed by atoms with E-state index in [4.69, 9.17) is 11.6 Å². The number of pyridine rings is 2. The fourth-order valence-electron chi connectivity index (χ4n) is 3.46. The minimum Gasteiger partial charge on any atom is -0.346 e. The van der Waals surface area contributed by atoms with Gasteiger partial charge in [-0.15, -0.1) is 16.4 Å². The summed E-state index contributed by atoms with van der Waals surface area (Å²) in [5, 5.41) is 11.3. The molecule has 0 bridgehead atoms. The summed E-state index contributed by atoms with van der Waals surface area (Å²) in [6.45, 7) is 0.216. The number of hydrogen-bond donors (Lipinski definition) is 1. The van der Waals surface area contributed by atoms with Crippen molar-refractivity contribution in [2.75, 3.05) is 0 Å². The van der Waals surface area contributed by atoms with Gasteiger partial charge in [-0.25, -0.2) is 4.68 Å². The zero-order valence-corrected chi connectivity index (χ0v) is 19.2. The first-order valence-corrected chi connectivity index (χ1v) is 11.5. The molecule has 1 aromatic carbocycles. The molecule has 5 rings (SSSR count). The summed E-state index contributed by atoms with van der Waals surface area (Å²) in [5.74, 6) is -0.222. The number of carbonyl (C=O) groups is 1. The lowest BCUT2D eigenvalue weighted by Gasteiger charge is -2.13. The predicted molar refractivity (Wildman–Crippen MR) is 131 cm³/mol. The van der Waals surface area contributed by atoms with E-state index in [1.54, 1.807) is 58.3 Å². The molecule has 0 aliphatic rings. The quantitative estimate of drug-likeness (QED) is 0.388. The molecule has 0 radical (unpaired) electrons. The van der Waals surface area contributed by atoms with Crippen molar-refractivity contribution < 1.29 is 4.79 Å². The molecule has 1 N–H and O–H groups in total. The number of thiophene rings is 1. The van der Waals surface area contributed by atoms with E-state index in [1.807, 2.05) is 30.3 Å². The molecule has 0 fully saturated rings. The maximum absolute atomic E-state index is 12.3. The van der Waals surface area contributed by atoms with Gasteiger partial charge < -0.3 is 5.32 Å². The van der Waals surface area contributed by atoms with Crippen LogP contribution in [0.2, 0.25) is 4.34 Å². The number of hydrogen-bond acceptors (Lipinski definition) is 6. The van der Waals surface area contributed by atoms with Crippen molar-refractivity contribution >= 4 is 28.8 Å². The van der Waals surface area contributed by atoms with E-state index in [0.29, 0.717) is 14.9 Å². The van der Waals surface area contributed by atoms with Gasteiger partial charge in [0.15, 0.2) is 0 Å². The molecular formula is C24H17ClN6O2S. The van der Waals surface area contributed by atoms with Gasteiger partial charge in [0.1, 0.15) is 5.69 Å². The van der Waals surface area contributed by atoms with Crippen LogP contribution in [0, 0.1) is 0 Å². The number of rotatable bonds is 6. The van der Waals surface area contributed by atoms with Gasteiger partial charge in [0.2, 0.25) is 0 Å². The molecule has 0 spiro atoms. The summed E-state index contributed by atoms with van der Waals surface area (Å²) in [5.41, 5.74) is 3.64. The first kappa shape index (κ1) is 21.7. The highest BCUT2D eigenvalue weighted by Crippen LogP contribution is 2.28. The first-order chi connectivity index (χ1) is 16.6. The maximum Gasteiger partial charge on any atom is 0.261 e. The summed E-state index contributed by atoms with van der Waals surface area (Å²) in [4.78, 5) is 29.4. The Bertz CT molecular complexity index is 1530. The van der Waals surface area contributed by atoms with Crippen LogP contribution in [-0.2, 0) is 6.54 Å². The highest BCUT2D eigenvalue weighted by atomic mass is 35.5. The van der Waals surface area contributed by atoms with Crippen LogP contribution in [0.25, 0.3) is 22.5 Å². The van der Waals surface area contributed by atoms with E-state index in [1.165, 1.54) is 17.4 Å². The molecule has 0 saturated carbocycles. The highest BCUT2D eigenvalue weighted by molar-refractivity contribution is 7.17. The third-order valence-electron chi connectivity index (χ3n) is 5.07. The van der Waals surface area contributed by atoms with E-state index in [2.05, 4.69) is 20.6 Å². The molecule has 1 amide bonds. The minimum atomic E-state index is -0.222. The van der Waals surface area contributed by atoms with E-state index in [0.717, 1.165) is 22.5 Å². The third-order valence-corrected chi connectivity index (χ3v) is 6.30. The summed E-state index contributed by atoms with van der Waals surface area (Å²) in [6, 6.07) is 17.8. The van der Waals surface area contributed by atoms with E-state index < -0.39 is 0 Å². The number of halogens is 1. The van der Waals surface area contributed by atoms with E-state index >= 15 is 0 Å². The van der Waals surface area contributed by atoms with Gasteiger partial charge in [-0.05, 0) is 42.5 Å². The van der Waals surface area contributed by atoms with Crippen molar-refractivity contribution in [3.8, 4) is 22.5 Å². The van der Waals surface area contributed by atoms with Crippen molar-refractivity contribution in [1.82, 2.24) is 29.9 Å². The van der Waals surface area contributed by atoms with Crippen LogP contribution in [0.5, 0.6) is 0 Å². The van der Waals surface area contributed by atoms with Crippen molar-refractivity contribution in [3.05, 3.63) is 111 Å². The van der Waals surface area contributed by atoms with Gasteiger partial charge in [0.05, 0.1) is 27.6 Å². The Morgan fingerprint density at radius 3 is 2.76 bits per heavy atom. The Morgan fingerprint density at radius 2 is 2.00 bits per heavy atom. The summed E-state index contributed by atoms with van der Waals surface area (Å²) < 4.78 is 3.77. The van der Waals surface area contributed by atoms with Gasteiger partial charge in [-0.3, -0.25) is 19.1 Å². The average Bonchev–Trinajstić information content (AvgIpc) is 3.52. The Morgan fingerprint density at radius 1 is 1.09 bits per heavy atom. The molecule has 0 aliphatic carbocycles. The number of nitrogens with zero attached hydrogens (tertiary/aromatic N) is 5. The molecule has 8 nitrogen and oxygen atoms in total. The molecule has 0 aliphatic heterocycles. The molecule has 168 valence electrons. The second-order valence-electron chi connectivity index (χ2n) is 7.29. The van der Waals surface area contributed by atoms with Gasteiger partial charge in [0, 0.05) is 41.5 Å². The van der Waals surface area contributed by atoms with Crippen LogP contribution in [0.1, 0.15) is 15.4 Å². The van der Waals surface area contributed by atoms with Crippen LogP contribution in [0.15, 0.2) is 90.2 Å². The van der Waals surface area contributed by atoms with Gasteiger partial charge >= 0.3 is 0 Å². The fourth-order valence-corrected chi connectivity index (χ4v) is 4.42. The predicted octanol–water partition coefficient (Wildman–Crippen LogP) is 4.13. The van der Waals surface area contributed by atoms with E-state index in [9.17, 15) is 9.59 Å². The summed E-state index contributed by atoms with van der Waals surface area (Å²) >= 11 is 7.12. The molecule has 0 atom stereocenters. The average molecular weight is 489 g/mol. The van der Waals surface area contributed by atoms with Crippen molar-refractivity contribution in [2.24, 2.45) is 0 Å². The standard InChI is InChI=1S/C24H17ClN6O2S/c25-22-9-8-21(34-22)24(33)27-14-17-15-31(29-28-17)20-7-6-18(30-11-2-1-5-23(30)32)12-19(20)16-4-3-10-26-13-16/h1-13,15H,14H2,(H,27,33). The van der Waals surface area contributed by atoms with Crippen LogP contribution in [0.3, 0.4) is 0 Å². The number of carbonyl (C=O) groups excluding carboxylic acids is 1. The van der Waals surface area contributed by atoms with Gasteiger partial charge in [0.25, 0.3) is 11.5 Å². The lowest BCUT2D eigenvalue weighted by atomic mass is 10.0. The summed E-state index contributed by atoms with van der Waals surface area (Å²) in [6.07, 6.45) is 6.93. The number of nitrogens with one attached hydrogen (secondary N) is 1. The largest absolute Gasteiger partial charge is 0.346 e. The summed E-state index contributed by atoms with van der Waals surface area (Å²) in [7, 11) is 0. The lowest BCUT2D eigenvalue weighted by Crippen LogP contribution is -2.21. The molecule has 0 saturated heterocycles. The molecule has 4 heterocycles. The number of benzene rings is 1. The molecule has 4 aromatic heterocycles. The topological polar surface area (TPSA) is 94.7 Å². The Balaban J connectivity index is 1.46. The first-order valence-electron chi connectivity index (χ1n) is 10.3. The zero-order chi connectivity index (χ0) is 23.5. The number of aromatic nitrogens is 5. The van der Waals surface area contributed by atoms with Crippen molar-refractivity contribution in [3.63, 3.8) is 0 Å². The second-order valence-corrected chi connectivity index (χ2v) is 9.01.